The van der Waals surface area contributed by atoms with Crippen LogP contribution in [-0.4, -0.2) is 21.0 Å². The molecule has 1 atom stereocenters. The van der Waals surface area contributed by atoms with E-state index in [1.165, 1.54) is 23.3 Å². The number of quaternary nitrogens is 1. The van der Waals surface area contributed by atoms with E-state index >= 15 is 0 Å². The van der Waals surface area contributed by atoms with Gasteiger partial charge in [-0.2, -0.15) is 0 Å². The van der Waals surface area contributed by atoms with E-state index in [-0.39, 0.29) is 16.7 Å². The van der Waals surface area contributed by atoms with Crippen LogP contribution in [0.25, 0.3) is 0 Å². The Morgan fingerprint density at radius 3 is 2.59 bits per heavy atom. The normalized spacial score (nSPS) is 14.2. The Balaban J connectivity index is 1.39. The minimum atomic E-state index is -3.51. The highest BCUT2D eigenvalue weighted by Crippen LogP contribution is 2.30. The van der Waals surface area contributed by atoms with Crippen molar-refractivity contribution >= 4 is 44.8 Å². The Morgan fingerprint density at radius 1 is 1.06 bits per heavy atom. The predicted octanol–water partition coefficient (Wildman–Crippen LogP) is 4.47. The van der Waals surface area contributed by atoms with Crippen molar-refractivity contribution in [2.24, 2.45) is 0 Å². The van der Waals surface area contributed by atoms with E-state index in [2.05, 4.69) is 16.0 Å². The molecule has 4 N–H and O–H groups in total. The number of nitrogens with two attached hydrogens (primary N) is 1. The third kappa shape index (κ3) is 5.73. The summed E-state index contributed by atoms with van der Waals surface area (Å²) >= 11 is 12.3. The second-order valence-corrected chi connectivity index (χ2v) is 11.2. The van der Waals surface area contributed by atoms with Crippen LogP contribution in [0.15, 0.2) is 65.6 Å². The Bertz CT molecular complexity index is 1310. The molecular weight excluding hydrogens is 493 g/mol. The molecule has 1 aliphatic rings. The molecule has 0 saturated carbocycles. The van der Waals surface area contributed by atoms with Gasteiger partial charge in [-0.15, -0.1) is 0 Å². The Labute approximate surface area is 209 Å². The number of benzene rings is 3. The highest BCUT2D eigenvalue weighted by Gasteiger charge is 2.19. The van der Waals surface area contributed by atoms with Crippen molar-refractivity contribution < 1.29 is 18.5 Å². The maximum atomic E-state index is 12.9. The topological polar surface area (TPSA) is 91.9 Å². The van der Waals surface area contributed by atoms with Gasteiger partial charge in [-0.3, -0.25) is 0 Å². The van der Waals surface area contributed by atoms with Gasteiger partial charge >= 0.3 is 6.03 Å². The highest BCUT2D eigenvalue weighted by atomic mass is 35.5. The van der Waals surface area contributed by atoms with Crippen LogP contribution in [-0.2, 0) is 28.6 Å². The first-order valence-corrected chi connectivity index (χ1v) is 13.4. The monoisotopic (exact) mass is 518 g/mol. The van der Waals surface area contributed by atoms with Gasteiger partial charge in [0.1, 0.15) is 6.54 Å². The molecular formula is C25H26Cl2N3O3S+. The molecule has 0 aliphatic carbocycles. The van der Waals surface area contributed by atoms with Crippen LogP contribution in [0.5, 0.6) is 0 Å². The zero-order valence-corrected chi connectivity index (χ0v) is 21.0. The van der Waals surface area contributed by atoms with E-state index in [1.807, 2.05) is 18.2 Å². The van der Waals surface area contributed by atoms with Gasteiger partial charge in [-0.1, -0.05) is 47.5 Å². The molecule has 3 aromatic carbocycles. The number of nitrogens with one attached hydrogen (secondary N) is 2. The first-order chi connectivity index (χ1) is 16.2. The van der Waals surface area contributed by atoms with Gasteiger partial charge in [0.15, 0.2) is 9.84 Å². The van der Waals surface area contributed by atoms with Crippen LogP contribution < -0.4 is 16.0 Å². The van der Waals surface area contributed by atoms with E-state index in [0.29, 0.717) is 21.3 Å². The molecule has 0 fully saturated rings. The molecule has 3 aromatic rings. The molecule has 0 bridgehead atoms. The fourth-order valence-electron chi connectivity index (χ4n) is 4.06. The molecule has 0 aromatic heterocycles. The predicted molar refractivity (Wildman–Crippen MR) is 135 cm³/mol. The van der Waals surface area contributed by atoms with Crippen LogP contribution in [0.3, 0.4) is 0 Å². The lowest BCUT2D eigenvalue weighted by molar-refractivity contribution is -0.673. The molecule has 2 amide bonds. The second kappa shape index (κ2) is 10.4. The van der Waals surface area contributed by atoms with Crippen LogP contribution in [0.1, 0.15) is 35.2 Å². The SMILES string of the molecule is C[C@H](NC(=O)Nc1ccc(S(=O)(=O)Cc2ccc3c(c2)C[NH2+]CC3)cc1)c1cccc(Cl)c1Cl. The summed E-state index contributed by atoms with van der Waals surface area (Å²) in [6.07, 6.45) is 1.01. The van der Waals surface area contributed by atoms with Gasteiger partial charge < -0.3 is 16.0 Å². The number of carbonyl (C=O) groups excluding carboxylic acids is 1. The number of sulfone groups is 1. The second-order valence-electron chi connectivity index (χ2n) is 8.38. The van der Waals surface area contributed by atoms with E-state index in [0.717, 1.165) is 25.1 Å². The quantitative estimate of drug-likeness (QED) is 0.449. The molecule has 0 unspecified atom stereocenters. The zero-order chi connectivity index (χ0) is 24.3. The first-order valence-electron chi connectivity index (χ1n) is 11.0. The number of anilines is 1. The zero-order valence-electron chi connectivity index (χ0n) is 18.6. The van der Waals surface area contributed by atoms with E-state index in [9.17, 15) is 13.2 Å². The Hall–Kier alpha value is -2.58. The summed E-state index contributed by atoms with van der Waals surface area (Å²) in [7, 11) is -3.51. The van der Waals surface area contributed by atoms with Crippen LogP contribution in [0.2, 0.25) is 10.0 Å². The summed E-state index contributed by atoms with van der Waals surface area (Å²) in [6.45, 7) is 3.75. The van der Waals surface area contributed by atoms with Crippen molar-refractivity contribution in [3.8, 4) is 0 Å². The van der Waals surface area contributed by atoms with Crippen molar-refractivity contribution in [2.75, 3.05) is 11.9 Å². The molecule has 0 radical (unpaired) electrons. The standard InChI is InChI=1S/C25H25Cl2N3O3S/c1-16(22-3-2-4-23(26)24(22)27)29-25(31)30-20-7-9-21(10-8-20)34(32,33)15-17-5-6-18-11-12-28-14-19(18)13-17/h2-10,13,16,28H,11-12,14-15H2,1H3,(H2,29,30,31)/p+1/t16-/m0/s1. The molecule has 34 heavy (non-hydrogen) atoms. The highest BCUT2D eigenvalue weighted by molar-refractivity contribution is 7.90. The number of carbonyl (C=O) groups is 1. The lowest BCUT2D eigenvalue weighted by Gasteiger charge is -2.17. The number of halogens is 2. The molecule has 178 valence electrons. The van der Waals surface area contributed by atoms with Gasteiger partial charge in [0.05, 0.1) is 33.3 Å². The minimum Gasteiger partial charge on any atom is -0.342 e. The van der Waals surface area contributed by atoms with Gasteiger partial charge in [-0.25, -0.2) is 13.2 Å². The van der Waals surface area contributed by atoms with Crippen molar-refractivity contribution in [2.45, 2.75) is 36.6 Å². The molecule has 9 heteroatoms. The largest absolute Gasteiger partial charge is 0.342 e. The Morgan fingerprint density at radius 2 is 1.82 bits per heavy atom. The summed E-state index contributed by atoms with van der Waals surface area (Å²) in [5, 5.41) is 8.55. The van der Waals surface area contributed by atoms with E-state index in [1.54, 1.807) is 37.3 Å². The maximum Gasteiger partial charge on any atom is 0.319 e. The van der Waals surface area contributed by atoms with E-state index < -0.39 is 15.9 Å². The fourth-order valence-corrected chi connectivity index (χ4v) is 5.87. The van der Waals surface area contributed by atoms with Gasteiger partial charge in [0.25, 0.3) is 0 Å². The van der Waals surface area contributed by atoms with Crippen molar-refractivity contribution in [3.63, 3.8) is 0 Å². The van der Waals surface area contributed by atoms with Gasteiger partial charge in [0.2, 0.25) is 0 Å². The molecule has 4 rings (SSSR count). The number of hydrogen-bond acceptors (Lipinski definition) is 3. The minimum absolute atomic E-state index is 0.0640. The lowest BCUT2D eigenvalue weighted by Crippen LogP contribution is -2.84. The molecule has 0 saturated heterocycles. The molecule has 6 nitrogen and oxygen atoms in total. The van der Waals surface area contributed by atoms with Gasteiger partial charge in [-0.05, 0) is 60.0 Å². The summed E-state index contributed by atoms with van der Waals surface area (Å²) < 4.78 is 25.9. The molecule has 0 spiro atoms. The van der Waals surface area contributed by atoms with Crippen molar-refractivity contribution in [3.05, 3.63) is 93.0 Å². The molecule has 1 aliphatic heterocycles. The average Bonchev–Trinajstić information content (AvgIpc) is 2.80. The number of hydrogen-bond donors (Lipinski definition) is 3. The third-order valence-corrected chi connectivity index (χ3v) is 8.41. The number of urea groups is 1. The Kier molecular flexibility index (Phi) is 7.48. The third-order valence-electron chi connectivity index (χ3n) is 5.88. The summed E-state index contributed by atoms with van der Waals surface area (Å²) in [6, 6.07) is 16.5. The molecule has 1 heterocycles. The fraction of sp³-hybridized carbons (Fsp3) is 0.240. The van der Waals surface area contributed by atoms with Gasteiger partial charge in [0, 0.05) is 17.7 Å². The van der Waals surface area contributed by atoms with Crippen molar-refractivity contribution in [1.82, 2.24) is 5.32 Å². The smallest absolute Gasteiger partial charge is 0.319 e. The maximum absolute atomic E-state index is 12.9. The lowest BCUT2D eigenvalue weighted by atomic mass is 9.99. The number of rotatable bonds is 6. The number of fused-ring (bicyclic) bond motifs is 1. The average molecular weight is 519 g/mol. The van der Waals surface area contributed by atoms with Crippen molar-refractivity contribution in [1.29, 1.82) is 0 Å². The van der Waals surface area contributed by atoms with Crippen LogP contribution in [0, 0.1) is 0 Å². The number of amides is 2. The van der Waals surface area contributed by atoms with Crippen LogP contribution >= 0.6 is 23.2 Å². The van der Waals surface area contributed by atoms with E-state index in [4.69, 9.17) is 23.2 Å². The first kappa shape index (κ1) is 24.5. The summed E-state index contributed by atoms with van der Waals surface area (Å²) in [5.41, 5.74) is 4.46. The summed E-state index contributed by atoms with van der Waals surface area (Å²) in [5.74, 6) is -0.0640. The van der Waals surface area contributed by atoms with Crippen LogP contribution in [0.4, 0.5) is 10.5 Å². The summed E-state index contributed by atoms with van der Waals surface area (Å²) in [4.78, 5) is 12.6.